The summed E-state index contributed by atoms with van der Waals surface area (Å²) in [5.74, 6) is 0.0740. The van der Waals surface area contributed by atoms with Crippen molar-refractivity contribution in [2.75, 3.05) is 0 Å². The van der Waals surface area contributed by atoms with Crippen LogP contribution in [0, 0.1) is 0 Å². The van der Waals surface area contributed by atoms with Gasteiger partial charge in [0.15, 0.2) is 6.29 Å². The molecular formula is C26H28ClNO3. The lowest BCUT2D eigenvalue weighted by Gasteiger charge is -2.23. The van der Waals surface area contributed by atoms with Gasteiger partial charge in [0.2, 0.25) is 0 Å². The van der Waals surface area contributed by atoms with Crippen LogP contribution in [0.2, 0.25) is 5.02 Å². The molecular weight excluding hydrogens is 410 g/mol. The van der Waals surface area contributed by atoms with E-state index in [0.29, 0.717) is 22.1 Å². The number of H-pyrrole nitrogens is 1. The second kappa shape index (κ2) is 8.51. The number of hydrogen-bond donors (Lipinski definition) is 1. The molecule has 0 radical (unpaired) electrons. The van der Waals surface area contributed by atoms with Gasteiger partial charge in [-0.3, -0.25) is 4.79 Å². The lowest BCUT2D eigenvalue weighted by atomic mass is 9.81. The van der Waals surface area contributed by atoms with E-state index in [0.717, 1.165) is 41.3 Å². The van der Waals surface area contributed by atoms with Crippen molar-refractivity contribution in [1.82, 2.24) is 4.98 Å². The fourth-order valence-corrected chi connectivity index (χ4v) is 4.75. The van der Waals surface area contributed by atoms with Crippen molar-refractivity contribution in [3.05, 3.63) is 58.1 Å². The van der Waals surface area contributed by atoms with Crippen LogP contribution in [-0.2, 0) is 4.74 Å². The number of carbonyl (C=O) groups is 2. The summed E-state index contributed by atoms with van der Waals surface area (Å²) in [6, 6.07) is 11.1. The van der Waals surface area contributed by atoms with E-state index in [1.54, 1.807) is 6.07 Å². The second-order valence-corrected chi connectivity index (χ2v) is 9.80. The highest BCUT2D eigenvalue weighted by Gasteiger charge is 2.26. The van der Waals surface area contributed by atoms with Crippen LogP contribution >= 0.6 is 11.6 Å². The van der Waals surface area contributed by atoms with E-state index < -0.39 is 5.60 Å². The number of aromatic nitrogens is 1. The zero-order chi connectivity index (χ0) is 22.2. The van der Waals surface area contributed by atoms with Gasteiger partial charge in [0.1, 0.15) is 5.60 Å². The molecule has 2 aromatic carbocycles. The van der Waals surface area contributed by atoms with E-state index in [9.17, 15) is 9.59 Å². The van der Waals surface area contributed by atoms with E-state index in [-0.39, 0.29) is 5.97 Å². The Morgan fingerprint density at radius 1 is 1.10 bits per heavy atom. The first-order valence-electron chi connectivity index (χ1n) is 10.9. The summed E-state index contributed by atoms with van der Waals surface area (Å²) >= 11 is 6.14. The maximum Gasteiger partial charge on any atom is 0.338 e. The number of halogens is 1. The van der Waals surface area contributed by atoms with Crippen LogP contribution in [0.4, 0.5) is 0 Å². The molecule has 31 heavy (non-hydrogen) atoms. The highest BCUT2D eigenvalue weighted by Crippen LogP contribution is 2.43. The van der Waals surface area contributed by atoms with Gasteiger partial charge >= 0.3 is 5.97 Å². The summed E-state index contributed by atoms with van der Waals surface area (Å²) in [7, 11) is 0. The van der Waals surface area contributed by atoms with Crippen LogP contribution < -0.4 is 0 Å². The normalized spacial score (nSPS) is 15.2. The maximum absolute atomic E-state index is 12.6. The summed E-state index contributed by atoms with van der Waals surface area (Å²) in [5.41, 5.74) is 4.42. The molecule has 1 heterocycles. The number of aldehydes is 1. The Morgan fingerprint density at radius 2 is 1.84 bits per heavy atom. The molecule has 0 saturated heterocycles. The largest absolute Gasteiger partial charge is 0.456 e. The van der Waals surface area contributed by atoms with E-state index in [1.165, 1.54) is 24.8 Å². The molecule has 0 aliphatic heterocycles. The molecule has 1 saturated carbocycles. The summed E-state index contributed by atoms with van der Waals surface area (Å²) < 4.78 is 5.55. The van der Waals surface area contributed by atoms with Gasteiger partial charge in [-0.25, -0.2) is 4.79 Å². The highest BCUT2D eigenvalue weighted by molar-refractivity contribution is 6.31. The molecule has 0 atom stereocenters. The van der Waals surface area contributed by atoms with Crippen LogP contribution in [-0.4, -0.2) is 22.8 Å². The Morgan fingerprint density at radius 3 is 2.52 bits per heavy atom. The first-order valence-corrected chi connectivity index (χ1v) is 11.3. The average Bonchev–Trinajstić information content (AvgIpc) is 3.11. The number of ether oxygens (including phenoxy) is 1. The molecule has 4 rings (SSSR count). The van der Waals surface area contributed by atoms with Crippen LogP contribution in [0.3, 0.4) is 0 Å². The number of hydrogen-bond acceptors (Lipinski definition) is 3. The van der Waals surface area contributed by atoms with Gasteiger partial charge in [0.25, 0.3) is 0 Å². The molecule has 162 valence electrons. The molecule has 3 aromatic rings. The lowest BCUT2D eigenvalue weighted by molar-refractivity contribution is 0.00696. The third-order valence-corrected chi connectivity index (χ3v) is 6.13. The number of nitrogens with one attached hydrogen (secondary N) is 1. The van der Waals surface area contributed by atoms with Crippen LogP contribution in [0.1, 0.15) is 85.1 Å². The summed E-state index contributed by atoms with van der Waals surface area (Å²) in [6.45, 7) is 5.58. The fraction of sp³-hybridized carbons (Fsp3) is 0.385. The topological polar surface area (TPSA) is 59.2 Å². The molecule has 1 aliphatic carbocycles. The molecule has 5 heteroatoms. The molecule has 0 spiro atoms. The first kappa shape index (κ1) is 21.6. The summed E-state index contributed by atoms with van der Waals surface area (Å²) in [6.07, 6.45) is 6.76. The smallest absolute Gasteiger partial charge is 0.338 e. The van der Waals surface area contributed by atoms with Gasteiger partial charge in [-0.1, -0.05) is 43.0 Å². The van der Waals surface area contributed by atoms with Crippen LogP contribution in [0.15, 0.2) is 36.4 Å². The zero-order valence-corrected chi connectivity index (χ0v) is 19.0. The van der Waals surface area contributed by atoms with Crippen LogP contribution in [0.25, 0.3) is 22.2 Å². The average molecular weight is 438 g/mol. The number of aromatic amines is 1. The number of fused-ring (bicyclic) bond motifs is 1. The Kier molecular flexibility index (Phi) is 5.94. The van der Waals surface area contributed by atoms with E-state index in [4.69, 9.17) is 16.3 Å². The predicted octanol–water partition coefficient (Wildman–Crippen LogP) is 7.30. The third kappa shape index (κ3) is 4.54. The van der Waals surface area contributed by atoms with E-state index in [1.807, 2.05) is 51.1 Å². The van der Waals surface area contributed by atoms with Gasteiger partial charge < -0.3 is 9.72 Å². The molecule has 0 amide bonds. The van der Waals surface area contributed by atoms with Crippen molar-refractivity contribution in [2.24, 2.45) is 0 Å². The zero-order valence-electron chi connectivity index (χ0n) is 18.3. The molecule has 0 bridgehead atoms. The van der Waals surface area contributed by atoms with Crippen molar-refractivity contribution >= 4 is 34.8 Å². The maximum atomic E-state index is 12.6. The molecule has 0 unspecified atom stereocenters. The fourth-order valence-electron chi connectivity index (χ4n) is 4.57. The first-order chi connectivity index (χ1) is 14.8. The molecule has 1 aromatic heterocycles. The van der Waals surface area contributed by atoms with E-state index in [2.05, 4.69) is 4.98 Å². The van der Waals surface area contributed by atoms with Crippen molar-refractivity contribution in [1.29, 1.82) is 0 Å². The summed E-state index contributed by atoms with van der Waals surface area (Å²) in [5, 5.41) is 1.63. The van der Waals surface area contributed by atoms with Gasteiger partial charge in [0.05, 0.1) is 11.3 Å². The Balaban J connectivity index is 1.88. The summed E-state index contributed by atoms with van der Waals surface area (Å²) in [4.78, 5) is 27.9. The standard InChI is InChI=1S/C26H28ClNO3/c1-26(2,3)31-25(30)17-9-11-21-22(14-17)28-24(23(21)16-7-5-4-6-8-16)20-12-10-19(27)13-18(20)15-29/h9-16,28H,4-8H2,1-3H3. The number of benzene rings is 2. The predicted molar refractivity (Wildman–Crippen MR) is 125 cm³/mol. The highest BCUT2D eigenvalue weighted by atomic mass is 35.5. The number of rotatable bonds is 4. The lowest BCUT2D eigenvalue weighted by Crippen LogP contribution is -2.23. The van der Waals surface area contributed by atoms with Crippen molar-refractivity contribution < 1.29 is 14.3 Å². The van der Waals surface area contributed by atoms with E-state index >= 15 is 0 Å². The molecule has 1 fully saturated rings. The van der Waals surface area contributed by atoms with Crippen molar-refractivity contribution in [2.45, 2.75) is 64.4 Å². The van der Waals surface area contributed by atoms with Crippen LogP contribution in [0.5, 0.6) is 0 Å². The van der Waals surface area contributed by atoms with Gasteiger partial charge in [0, 0.05) is 27.1 Å². The minimum atomic E-state index is -0.553. The minimum absolute atomic E-state index is 0.343. The number of esters is 1. The van der Waals surface area contributed by atoms with Gasteiger partial charge in [-0.15, -0.1) is 0 Å². The number of carbonyl (C=O) groups excluding carboxylic acids is 2. The molecule has 1 N–H and O–H groups in total. The Hall–Kier alpha value is -2.59. The Bertz CT molecular complexity index is 1130. The quantitative estimate of drug-likeness (QED) is 0.344. The van der Waals surface area contributed by atoms with Gasteiger partial charge in [-0.2, -0.15) is 0 Å². The SMILES string of the molecule is CC(C)(C)OC(=O)c1ccc2c(C3CCCCC3)c(-c3ccc(Cl)cc3C=O)[nH]c2c1. The van der Waals surface area contributed by atoms with Crippen molar-refractivity contribution in [3.63, 3.8) is 0 Å². The third-order valence-electron chi connectivity index (χ3n) is 5.90. The molecule has 1 aliphatic rings. The van der Waals surface area contributed by atoms with Gasteiger partial charge in [-0.05, 0) is 69.4 Å². The van der Waals surface area contributed by atoms with Crippen molar-refractivity contribution in [3.8, 4) is 11.3 Å². The monoisotopic (exact) mass is 437 g/mol. The molecule has 4 nitrogen and oxygen atoms in total. The Labute approximate surface area is 187 Å². The minimum Gasteiger partial charge on any atom is -0.456 e. The second-order valence-electron chi connectivity index (χ2n) is 9.36.